The summed E-state index contributed by atoms with van der Waals surface area (Å²) >= 11 is 1.62. The van der Waals surface area contributed by atoms with Gasteiger partial charge in [-0.25, -0.2) is 4.79 Å². The summed E-state index contributed by atoms with van der Waals surface area (Å²) in [4.78, 5) is 46.2. The Bertz CT molecular complexity index is 1050. The third-order valence-electron chi connectivity index (χ3n) is 11.0. The van der Waals surface area contributed by atoms with Gasteiger partial charge in [-0.2, -0.15) is 0 Å². The van der Waals surface area contributed by atoms with Crippen LogP contribution in [0.25, 0.3) is 0 Å². The highest BCUT2D eigenvalue weighted by Crippen LogP contribution is 2.53. The molecule has 3 saturated heterocycles. The van der Waals surface area contributed by atoms with Crippen LogP contribution in [0, 0.1) is 17.3 Å². The molecule has 0 radical (unpaired) electrons. The average molecular weight is 613 g/mol. The summed E-state index contributed by atoms with van der Waals surface area (Å²) in [5.74, 6) is 0.111. The fourth-order valence-corrected chi connectivity index (χ4v) is 8.53. The van der Waals surface area contributed by atoms with Crippen LogP contribution in [0.4, 0.5) is 4.79 Å². The predicted octanol–water partition coefficient (Wildman–Crippen LogP) is 3.85. The highest BCUT2D eigenvalue weighted by atomic mass is 32.1. The molecule has 6 rings (SSSR count). The van der Waals surface area contributed by atoms with Gasteiger partial charge in [-0.1, -0.05) is 25.3 Å². The first-order valence-electron chi connectivity index (χ1n) is 17.1. The van der Waals surface area contributed by atoms with E-state index in [9.17, 15) is 14.4 Å². The maximum Gasteiger partial charge on any atom is 0.317 e. The number of hydrogen-bond donors (Lipinski definition) is 4. The van der Waals surface area contributed by atoms with E-state index in [2.05, 4.69) is 21.3 Å². The lowest BCUT2D eigenvalue weighted by Crippen LogP contribution is -2.61. The summed E-state index contributed by atoms with van der Waals surface area (Å²) in [6, 6.07) is 3.85. The first kappa shape index (κ1) is 30.8. The van der Waals surface area contributed by atoms with Gasteiger partial charge in [-0.15, -0.1) is 11.3 Å². The third-order valence-corrected chi connectivity index (χ3v) is 11.9. The lowest BCUT2D eigenvalue weighted by atomic mass is 9.87. The zero-order valence-electron chi connectivity index (χ0n) is 25.8. The quantitative estimate of drug-likeness (QED) is 0.339. The lowest BCUT2D eigenvalue weighted by molar-refractivity contribution is -0.139. The highest BCUT2D eigenvalue weighted by molar-refractivity contribution is 7.09. The van der Waals surface area contributed by atoms with Gasteiger partial charge < -0.3 is 31.1 Å². The van der Waals surface area contributed by atoms with Crippen LogP contribution in [0.2, 0.25) is 0 Å². The number of hydrogen-bond acceptors (Lipinski definition) is 6. The predicted molar refractivity (Wildman–Crippen MR) is 170 cm³/mol. The summed E-state index contributed by atoms with van der Waals surface area (Å²) in [7, 11) is 0. The topological polar surface area (TPSA) is 106 Å². The third kappa shape index (κ3) is 8.11. The number of urea groups is 1. The minimum atomic E-state index is -0.476. The Kier molecular flexibility index (Phi) is 10.2. The van der Waals surface area contributed by atoms with Crippen LogP contribution in [-0.2, 0) is 16.1 Å². The number of nitrogens with zero attached hydrogens (tertiary/aromatic N) is 2. The molecule has 1 spiro atoms. The van der Waals surface area contributed by atoms with E-state index < -0.39 is 5.92 Å². The molecule has 1 aromatic heterocycles. The number of rotatable bonds is 9. The number of amides is 4. The summed E-state index contributed by atoms with van der Waals surface area (Å²) in [6.07, 6.45) is 14.4. The molecule has 10 heteroatoms. The zero-order valence-corrected chi connectivity index (χ0v) is 26.6. The normalized spacial score (nSPS) is 27.1. The van der Waals surface area contributed by atoms with Crippen molar-refractivity contribution >= 4 is 29.2 Å². The average Bonchev–Trinajstić information content (AvgIpc) is 3.57. The number of thiophene rings is 1. The lowest BCUT2D eigenvalue weighted by Gasteiger charge is -2.41. The summed E-state index contributed by atoms with van der Waals surface area (Å²) in [5, 5.41) is 15.6. The van der Waals surface area contributed by atoms with E-state index in [0.29, 0.717) is 43.4 Å². The van der Waals surface area contributed by atoms with E-state index in [-0.39, 0.29) is 29.9 Å². The van der Waals surface area contributed by atoms with Crippen molar-refractivity contribution in [1.29, 1.82) is 0 Å². The molecule has 5 fully saturated rings. The second-order valence-corrected chi connectivity index (χ2v) is 15.0. The Morgan fingerprint density at radius 1 is 0.953 bits per heavy atom. The molecule has 4 N–H and O–H groups in total. The molecule has 43 heavy (non-hydrogen) atoms. The maximum atomic E-state index is 14.2. The number of likely N-dealkylation sites (tertiary alicyclic amines) is 2. The van der Waals surface area contributed by atoms with Crippen LogP contribution in [-0.4, -0.2) is 85.0 Å². The van der Waals surface area contributed by atoms with E-state index in [0.717, 1.165) is 76.0 Å². The van der Waals surface area contributed by atoms with E-state index in [1.165, 1.54) is 32.1 Å². The second kappa shape index (κ2) is 14.3. The molecule has 0 bridgehead atoms. The minimum absolute atomic E-state index is 0.0564. The molecule has 238 valence electrons. The van der Waals surface area contributed by atoms with Crippen molar-refractivity contribution in [2.75, 3.05) is 39.3 Å². The molecule has 2 saturated carbocycles. The molecule has 3 aliphatic heterocycles. The van der Waals surface area contributed by atoms with Crippen LogP contribution in [0.5, 0.6) is 0 Å². The summed E-state index contributed by atoms with van der Waals surface area (Å²) in [6.45, 7) is 5.01. The summed E-state index contributed by atoms with van der Waals surface area (Å²) < 4.78 is 0. The second-order valence-electron chi connectivity index (χ2n) is 14.0. The van der Waals surface area contributed by atoms with E-state index in [4.69, 9.17) is 0 Å². The van der Waals surface area contributed by atoms with Crippen LogP contribution in [0.1, 0.15) is 88.3 Å². The molecule has 3 atom stereocenters. The van der Waals surface area contributed by atoms with E-state index >= 15 is 0 Å². The van der Waals surface area contributed by atoms with Crippen LogP contribution in [0.3, 0.4) is 0 Å². The molecular formula is C33H52N6O3S. The molecule has 9 nitrogen and oxygen atoms in total. The molecule has 1 unspecified atom stereocenters. The van der Waals surface area contributed by atoms with Crippen molar-refractivity contribution in [2.24, 2.45) is 17.3 Å². The number of piperidine rings is 3. The Labute approximate surface area is 261 Å². The molecule has 4 amide bonds. The summed E-state index contributed by atoms with van der Waals surface area (Å²) in [5.41, 5.74) is 0.503. The van der Waals surface area contributed by atoms with E-state index in [1.807, 2.05) is 27.3 Å². The maximum absolute atomic E-state index is 14.2. The van der Waals surface area contributed by atoms with Gasteiger partial charge in [0, 0.05) is 43.1 Å². The SMILES string of the molecule is O=C(NCc1cccs1)[C@H]1CN(C(=O)C(CC2CCNCC2)NC2CCCCC2)CC[C@H]1NC(=O)N1CCC2(CC1)CC2. The van der Waals surface area contributed by atoms with Gasteiger partial charge in [0.25, 0.3) is 0 Å². The largest absolute Gasteiger partial charge is 0.351 e. The van der Waals surface area contributed by atoms with Crippen molar-refractivity contribution in [3.8, 4) is 0 Å². The fraction of sp³-hybridized carbons (Fsp3) is 0.788. The molecule has 0 aromatic carbocycles. The van der Waals surface area contributed by atoms with Gasteiger partial charge in [0.1, 0.15) is 0 Å². The molecule has 2 aliphatic carbocycles. The van der Waals surface area contributed by atoms with Crippen molar-refractivity contribution in [3.05, 3.63) is 22.4 Å². The monoisotopic (exact) mass is 612 g/mol. The Morgan fingerprint density at radius 3 is 2.42 bits per heavy atom. The minimum Gasteiger partial charge on any atom is -0.351 e. The van der Waals surface area contributed by atoms with Gasteiger partial charge in [-0.05, 0) is 100 Å². The Hall–Kier alpha value is -2.17. The molecular weight excluding hydrogens is 560 g/mol. The number of nitrogens with one attached hydrogen (secondary N) is 4. The Morgan fingerprint density at radius 2 is 1.72 bits per heavy atom. The van der Waals surface area contributed by atoms with Crippen molar-refractivity contribution in [1.82, 2.24) is 31.1 Å². The fourth-order valence-electron chi connectivity index (χ4n) is 7.88. The van der Waals surface area contributed by atoms with Crippen LogP contribution in [0.15, 0.2) is 17.5 Å². The molecule has 4 heterocycles. The Balaban J connectivity index is 1.12. The van der Waals surface area contributed by atoms with Gasteiger partial charge in [0.15, 0.2) is 0 Å². The van der Waals surface area contributed by atoms with Gasteiger partial charge in [0.05, 0.1) is 18.5 Å². The van der Waals surface area contributed by atoms with Gasteiger partial charge >= 0.3 is 6.03 Å². The van der Waals surface area contributed by atoms with Gasteiger partial charge in [0.2, 0.25) is 11.8 Å². The zero-order chi connectivity index (χ0) is 29.6. The first-order valence-corrected chi connectivity index (χ1v) is 18.0. The van der Waals surface area contributed by atoms with E-state index in [1.54, 1.807) is 11.3 Å². The van der Waals surface area contributed by atoms with Gasteiger partial charge in [-0.3, -0.25) is 9.59 Å². The highest BCUT2D eigenvalue weighted by Gasteiger charge is 2.46. The standard InChI is InChI=1S/C33H52N6O3S/c40-30(35-22-26-7-4-20-43-26)27-23-39(17-10-28(27)37-32(42)38-18-13-33(11-12-33)14-19-38)31(41)29(21-24-8-15-34-16-9-24)36-25-5-2-1-3-6-25/h4,7,20,24-25,27-29,34,36H,1-3,5-6,8-19,21-23H2,(H,35,40)(H,37,42)/t27-,28+,29?/m0/s1. The number of carbonyl (C=O) groups is 3. The number of carbonyl (C=O) groups excluding carboxylic acids is 3. The van der Waals surface area contributed by atoms with Crippen molar-refractivity contribution in [2.45, 2.75) is 108 Å². The molecule has 5 aliphatic rings. The van der Waals surface area contributed by atoms with Crippen molar-refractivity contribution in [3.63, 3.8) is 0 Å². The first-order chi connectivity index (χ1) is 21.0. The van der Waals surface area contributed by atoms with Crippen LogP contribution < -0.4 is 21.3 Å². The van der Waals surface area contributed by atoms with Crippen LogP contribution >= 0.6 is 11.3 Å². The molecule has 1 aromatic rings. The smallest absolute Gasteiger partial charge is 0.317 e. The van der Waals surface area contributed by atoms with Crippen molar-refractivity contribution < 1.29 is 14.4 Å².